The minimum absolute atomic E-state index is 0.264. The molecule has 8 heteroatoms. The maximum atomic E-state index is 12.7. The zero-order valence-electron chi connectivity index (χ0n) is 15.3. The number of alkyl halides is 2. The average Bonchev–Trinajstić information content (AvgIpc) is 3.17. The van der Waals surface area contributed by atoms with Gasteiger partial charge in [-0.15, -0.1) is 0 Å². The van der Waals surface area contributed by atoms with Crippen molar-refractivity contribution in [2.75, 3.05) is 13.1 Å². The minimum atomic E-state index is -4.67. The van der Waals surface area contributed by atoms with E-state index in [-0.39, 0.29) is 11.5 Å². The van der Waals surface area contributed by atoms with Crippen LogP contribution in [0, 0.1) is 0 Å². The topological polar surface area (TPSA) is 70.2 Å². The summed E-state index contributed by atoms with van der Waals surface area (Å²) < 4.78 is 48.3. The van der Waals surface area contributed by atoms with Gasteiger partial charge in [-0.05, 0) is 42.3 Å². The largest absolute Gasteiger partial charge is 0.361 e. The molecule has 2 heterocycles. The number of sulfone groups is 1. The number of benzene rings is 2. The number of para-hydroxylation sites is 1. The number of amides is 1. The van der Waals surface area contributed by atoms with Crippen molar-refractivity contribution in [2.45, 2.75) is 17.1 Å². The molecule has 0 atom stereocenters. The van der Waals surface area contributed by atoms with E-state index in [2.05, 4.69) is 11.1 Å². The lowest BCUT2D eigenvalue weighted by Gasteiger charge is -2.26. The quantitative estimate of drug-likeness (QED) is 0.696. The van der Waals surface area contributed by atoms with Crippen molar-refractivity contribution in [1.82, 2.24) is 9.88 Å². The van der Waals surface area contributed by atoms with Gasteiger partial charge in [0.1, 0.15) is 0 Å². The molecule has 0 saturated heterocycles. The van der Waals surface area contributed by atoms with E-state index in [0.29, 0.717) is 19.5 Å². The number of carbonyl (C=O) groups excluding carboxylic acids is 1. The van der Waals surface area contributed by atoms with Crippen molar-refractivity contribution in [1.29, 1.82) is 0 Å². The van der Waals surface area contributed by atoms with Crippen LogP contribution in [-0.2, 0) is 9.84 Å². The summed E-state index contributed by atoms with van der Waals surface area (Å²) in [5.74, 6) is -3.75. The second kappa shape index (κ2) is 7.44. The number of aromatic nitrogens is 1. The van der Waals surface area contributed by atoms with Crippen LogP contribution in [0.5, 0.6) is 0 Å². The third kappa shape index (κ3) is 3.55. The van der Waals surface area contributed by atoms with Crippen LogP contribution in [0.15, 0.2) is 65.7 Å². The fraction of sp³-hybridized carbons (Fsp3) is 0.190. The van der Waals surface area contributed by atoms with Gasteiger partial charge in [0.25, 0.3) is 5.91 Å². The van der Waals surface area contributed by atoms with Gasteiger partial charge in [0.2, 0.25) is 9.84 Å². The zero-order chi connectivity index (χ0) is 20.6. The van der Waals surface area contributed by atoms with Gasteiger partial charge in [0.15, 0.2) is 0 Å². The third-order valence-corrected chi connectivity index (χ3v) is 6.49. The lowest BCUT2D eigenvalue weighted by Crippen LogP contribution is -2.34. The Hall–Kier alpha value is -3.00. The normalized spacial score (nSPS) is 15.0. The Balaban J connectivity index is 1.50. The molecule has 5 nitrogen and oxygen atoms in total. The van der Waals surface area contributed by atoms with Crippen LogP contribution in [0.2, 0.25) is 0 Å². The Morgan fingerprint density at radius 1 is 1.07 bits per heavy atom. The Morgan fingerprint density at radius 2 is 1.79 bits per heavy atom. The number of nitrogens with one attached hydrogen (secondary N) is 1. The molecule has 0 fully saturated rings. The Labute approximate surface area is 166 Å². The van der Waals surface area contributed by atoms with Gasteiger partial charge in [-0.2, -0.15) is 8.78 Å². The predicted molar refractivity (Wildman–Crippen MR) is 106 cm³/mol. The highest BCUT2D eigenvalue weighted by Crippen LogP contribution is 2.29. The number of hydrogen-bond donors (Lipinski definition) is 1. The molecule has 1 aliphatic rings. The second-order valence-electron chi connectivity index (χ2n) is 6.81. The van der Waals surface area contributed by atoms with E-state index in [0.717, 1.165) is 34.2 Å². The molecule has 0 spiro atoms. The van der Waals surface area contributed by atoms with E-state index in [1.165, 1.54) is 12.1 Å². The monoisotopic (exact) mass is 416 g/mol. The first-order chi connectivity index (χ1) is 13.9. The first kappa shape index (κ1) is 19.3. The molecule has 150 valence electrons. The molecular weight excluding hydrogens is 398 g/mol. The van der Waals surface area contributed by atoms with Crippen LogP contribution in [0.25, 0.3) is 16.5 Å². The molecule has 0 aliphatic carbocycles. The summed E-state index contributed by atoms with van der Waals surface area (Å²) >= 11 is 0. The van der Waals surface area contributed by atoms with Crippen molar-refractivity contribution in [3.63, 3.8) is 0 Å². The van der Waals surface area contributed by atoms with Crippen LogP contribution in [-0.4, -0.2) is 43.1 Å². The number of aromatic amines is 1. The smallest absolute Gasteiger partial charge is 0.341 e. The van der Waals surface area contributed by atoms with Gasteiger partial charge >= 0.3 is 5.76 Å². The maximum absolute atomic E-state index is 12.7. The van der Waals surface area contributed by atoms with Crippen molar-refractivity contribution >= 4 is 32.2 Å². The van der Waals surface area contributed by atoms with Gasteiger partial charge in [-0.25, -0.2) is 8.42 Å². The Morgan fingerprint density at radius 3 is 2.45 bits per heavy atom. The highest BCUT2D eigenvalue weighted by molar-refractivity contribution is 7.91. The van der Waals surface area contributed by atoms with E-state index in [9.17, 15) is 22.0 Å². The number of H-pyrrole nitrogens is 1. The molecule has 29 heavy (non-hydrogen) atoms. The first-order valence-electron chi connectivity index (χ1n) is 9.05. The highest BCUT2D eigenvalue weighted by atomic mass is 32.2. The van der Waals surface area contributed by atoms with E-state index in [1.54, 1.807) is 4.90 Å². The molecule has 1 aliphatic heterocycles. The summed E-state index contributed by atoms with van der Waals surface area (Å²) in [6, 6.07) is 12.7. The summed E-state index contributed by atoms with van der Waals surface area (Å²) in [6.45, 7) is 0.937. The molecular formula is C21H18F2N2O3S. The summed E-state index contributed by atoms with van der Waals surface area (Å²) in [4.78, 5) is 17.1. The van der Waals surface area contributed by atoms with Crippen LogP contribution in [0.3, 0.4) is 0 Å². The second-order valence-corrected chi connectivity index (χ2v) is 8.73. The van der Waals surface area contributed by atoms with Gasteiger partial charge in [-0.3, -0.25) is 4.79 Å². The zero-order valence-corrected chi connectivity index (χ0v) is 16.1. The lowest BCUT2D eigenvalue weighted by molar-refractivity contribution is 0.0773. The van der Waals surface area contributed by atoms with Gasteiger partial charge in [0, 0.05) is 41.3 Å². The summed E-state index contributed by atoms with van der Waals surface area (Å²) in [5, 5.41) is 1.13. The van der Waals surface area contributed by atoms with Crippen molar-refractivity contribution in [2.24, 2.45) is 0 Å². The Bertz CT molecular complexity index is 1200. The van der Waals surface area contributed by atoms with Crippen molar-refractivity contribution in [3.05, 3.63) is 71.9 Å². The third-order valence-electron chi connectivity index (χ3n) is 5.10. The average molecular weight is 416 g/mol. The number of fused-ring (bicyclic) bond motifs is 1. The number of carbonyl (C=O) groups is 1. The molecule has 4 rings (SSSR count). The first-order valence-corrected chi connectivity index (χ1v) is 10.6. The molecule has 0 bridgehead atoms. The van der Waals surface area contributed by atoms with Gasteiger partial charge < -0.3 is 9.88 Å². The SMILES string of the molecule is O=C(c1ccc(S(=O)(=O)C(F)F)cc1)N1CC=C(c2c[nH]c3ccccc23)CC1. The van der Waals surface area contributed by atoms with E-state index in [4.69, 9.17) is 0 Å². The van der Waals surface area contributed by atoms with Crippen molar-refractivity contribution < 1.29 is 22.0 Å². The van der Waals surface area contributed by atoms with Gasteiger partial charge in [-0.1, -0.05) is 24.3 Å². The molecule has 2 aromatic carbocycles. The molecule has 0 saturated carbocycles. The van der Waals surface area contributed by atoms with Crippen LogP contribution < -0.4 is 0 Å². The maximum Gasteiger partial charge on any atom is 0.341 e. The molecule has 0 unspecified atom stereocenters. The van der Waals surface area contributed by atoms with Gasteiger partial charge in [0.05, 0.1) is 4.90 Å². The lowest BCUT2D eigenvalue weighted by atomic mass is 9.98. The number of rotatable bonds is 4. The minimum Gasteiger partial charge on any atom is -0.361 e. The van der Waals surface area contributed by atoms with Crippen molar-refractivity contribution in [3.8, 4) is 0 Å². The fourth-order valence-corrected chi connectivity index (χ4v) is 4.23. The molecule has 3 aromatic rings. The number of halogens is 2. The van der Waals surface area contributed by atoms with E-state index >= 15 is 0 Å². The highest BCUT2D eigenvalue weighted by Gasteiger charge is 2.27. The summed E-state index contributed by atoms with van der Waals surface area (Å²) in [5.41, 5.74) is 3.60. The standard InChI is InChI=1S/C21H18F2N2O3S/c22-21(23)29(27,28)16-7-5-15(6-8-16)20(26)25-11-9-14(10-12-25)18-13-24-19-4-2-1-3-17(18)19/h1-9,13,21,24H,10-12H2. The van der Waals surface area contributed by atoms with E-state index in [1.807, 2.05) is 30.5 Å². The molecule has 1 aromatic heterocycles. The summed E-state index contributed by atoms with van der Waals surface area (Å²) in [6.07, 6.45) is 4.66. The van der Waals surface area contributed by atoms with Crippen LogP contribution in [0.4, 0.5) is 8.78 Å². The fourth-order valence-electron chi connectivity index (χ4n) is 3.51. The Kier molecular flexibility index (Phi) is 4.96. The molecule has 0 radical (unpaired) electrons. The van der Waals surface area contributed by atoms with Crippen LogP contribution in [0.1, 0.15) is 22.3 Å². The predicted octanol–water partition coefficient (Wildman–Crippen LogP) is 4.09. The number of nitrogens with zero attached hydrogens (tertiary/aromatic N) is 1. The molecule has 1 N–H and O–H groups in total. The van der Waals surface area contributed by atoms with E-state index < -0.39 is 20.5 Å². The molecule has 1 amide bonds. The summed E-state index contributed by atoms with van der Waals surface area (Å²) in [7, 11) is -4.67. The van der Waals surface area contributed by atoms with Crippen LogP contribution >= 0.6 is 0 Å². The number of hydrogen-bond acceptors (Lipinski definition) is 3.